The van der Waals surface area contributed by atoms with Gasteiger partial charge in [0.2, 0.25) is 15.9 Å². The average Bonchev–Trinajstić information content (AvgIpc) is 2.61. The van der Waals surface area contributed by atoms with Gasteiger partial charge in [-0.05, 0) is 30.2 Å². The molecule has 0 spiro atoms. The third-order valence-corrected chi connectivity index (χ3v) is 5.11. The maximum absolute atomic E-state index is 12.2. The molecule has 0 aromatic heterocycles. The van der Waals surface area contributed by atoms with E-state index in [2.05, 4.69) is 5.32 Å². The van der Waals surface area contributed by atoms with Crippen LogP contribution in [0.5, 0.6) is 5.75 Å². The van der Waals surface area contributed by atoms with Crippen LogP contribution < -0.4 is 10.1 Å². The van der Waals surface area contributed by atoms with Crippen molar-refractivity contribution in [3.8, 4) is 5.75 Å². The Hall–Kier alpha value is -2.38. The quantitative estimate of drug-likeness (QED) is 0.765. The molecule has 7 heteroatoms. The lowest BCUT2D eigenvalue weighted by atomic mass is 10.1. The number of benzene rings is 2. The number of hydrogen-bond donors (Lipinski definition) is 1. The van der Waals surface area contributed by atoms with Crippen molar-refractivity contribution in [1.29, 1.82) is 0 Å². The molecule has 0 fully saturated rings. The molecule has 0 aliphatic carbocycles. The second-order valence-corrected chi connectivity index (χ2v) is 8.12. The van der Waals surface area contributed by atoms with Gasteiger partial charge in [0.1, 0.15) is 5.75 Å². The van der Waals surface area contributed by atoms with E-state index >= 15 is 0 Å². The van der Waals surface area contributed by atoms with Crippen molar-refractivity contribution in [3.05, 3.63) is 65.2 Å². The minimum absolute atomic E-state index is 0.162. The molecular weight excluding hydrogens is 352 g/mol. The van der Waals surface area contributed by atoms with Crippen LogP contribution in [0.2, 0.25) is 0 Å². The van der Waals surface area contributed by atoms with E-state index in [1.54, 1.807) is 7.11 Å². The summed E-state index contributed by atoms with van der Waals surface area (Å²) in [5.74, 6) is 0.389. The maximum Gasteiger partial charge on any atom is 0.235 e. The van der Waals surface area contributed by atoms with Gasteiger partial charge in [-0.1, -0.05) is 42.0 Å². The molecule has 0 aliphatic rings. The summed E-state index contributed by atoms with van der Waals surface area (Å²) in [5, 5.41) is 2.75. The van der Waals surface area contributed by atoms with Crippen molar-refractivity contribution < 1.29 is 17.9 Å². The predicted octanol–water partition coefficient (Wildman–Crippen LogP) is 2.08. The summed E-state index contributed by atoms with van der Waals surface area (Å²) < 4.78 is 30.3. The van der Waals surface area contributed by atoms with Crippen LogP contribution in [-0.4, -0.2) is 38.5 Å². The summed E-state index contributed by atoms with van der Waals surface area (Å²) in [5.41, 5.74) is 2.84. The van der Waals surface area contributed by atoms with Gasteiger partial charge in [0, 0.05) is 13.1 Å². The van der Waals surface area contributed by atoms with Crippen molar-refractivity contribution in [1.82, 2.24) is 9.62 Å². The van der Waals surface area contributed by atoms with Crippen LogP contribution >= 0.6 is 0 Å². The van der Waals surface area contributed by atoms with E-state index in [1.165, 1.54) is 4.31 Å². The average molecular weight is 376 g/mol. The smallest absolute Gasteiger partial charge is 0.235 e. The van der Waals surface area contributed by atoms with Crippen molar-refractivity contribution in [3.63, 3.8) is 0 Å². The van der Waals surface area contributed by atoms with Crippen LogP contribution in [0.25, 0.3) is 0 Å². The molecule has 0 bridgehead atoms. The molecule has 1 N–H and O–H groups in total. The lowest BCUT2D eigenvalue weighted by molar-refractivity contribution is -0.121. The number of sulfonamides is 1. The summed E-state index contributed by atoms with van der Waals surface area (Å²) in [6.45, 7) is 2.23. The normalized spacial score (nSPS) is 11.4. The molecule has 26 heavy (non-hydrogen) atoms. The summed E-state index contributed by atoms with van der Waals surface area (Å²) in [7, 11) is -1.92. The highest BCUT2D eigenvalue weighted by Gasteiger charge is 2.20. The number of aryl methyl sites for hydroxylation is 1. The van der Waals surface area contributed by atoms with Crippen LogP contribution in [0.3, 0.4) is 0 Å². The van der Waals surface area contributed by atoms with Crippen molar-refractivity contribution >= 4 is 15.9 Å². The first-order valence-corrected chi connectivity index (χ1v) is 10.0. The van der Waals surface area contributed by atoms with Crippen LogP contribution in [0.4, 0.5) is 0 Å². The molecule has 0 saturated carbocycles. The Morgan fingerprint density at radius 2 is 1.62 bits per heavy atom. The van der Waals surface area contributed by atoms with Gasteiger partial charge in [0.15, 0.2) is 0 Å². The zero-order chi connectivity index (χ0) is 19.2. The molecule has 6 nitrogen and oxygen atoms in total. The van der Waals surface area contributed by atoms with E-state index in [9.17, 15) is 13.2 Å². The zero-order valence-corrected chi connectivity index (χ0v) is 16.0. The molecule has 2 rings (SSSR count). The second kappa shape index (κ2) is 8.82. The van der Waals surface area contributed by atoms with E-state index in [4.69, 9.17) is 4.74 Å². The second-order valence-electron chi connectivity index (χ2n) is 6.14. The number of carbonyl (C=O) groups is 1. The van der Waals surface area contributed by atoms with Crippen LogP contribution in [-0.2, 0) is 27.9 Å². The highest BCUT2D eigenvalue weighted by Crippen LogP contribution is 2.12. The fourth-order valence-corrected chi connectivity index (χ4v) is 3.08. The van der Waals surface area contributed by atoms with Crippen molar-refractivity contribution in [2.45, 2.75) is 20.0 Å². The Kier molecular flexibility index (Phi) is 6.76. The molecule has 0 aliphatic heterocycles. The van der Waals surface area contributed by atoms with Gasteiger partial charge in [0.25, 0.3) is 0 Å². The summed E-state index contributed by atoms with van der Waals surface area (Å²) in [4.78, 5) is 12.2. The largest absolute Gasteiger partial charge is 0.497 e. The molecule has 0 atom stereocenters. The number of rotatable bonds is 8. The maximum atomic E-state index is 12.2. The van der Waals surface area contributed by atoms with Gasteiger partial charge >= 0.3 is 0 Å². The minimum atomic E-state index is -3.50. The number of hydrogen-bond acceptors (Lipinski definition) is 4. The van der Waals surface area contributed by atoms with Gasteiger partial charge < -0.3 is 10.1 Å². The highest BCUT2D eigenvalue weighted by molar-refractivity contribution is 7.88. The van der Waals surface area contributed by atoms with Gasteiger partial charge in [-0.3, -0.25) is 4.79 Å². The molecule has 0 unspecified atom stereocenters. The molecule has 140 valence electrons. The monoisotopic (exact) mass is 376 g/mol. The first kappa shape index (κ1) is 19.9. The fraction of sp³-hybridized carbons (Fsp3) is 0.316. The predicted molar refractivity (Wildman–Crippen MR) is 101 cm³/mol. The van der Waals surface area contributed by atoms with Gasteiger partial charge in [-0.25, -0.2) is 8.42 Å². The zero-order valence-electron chi connectivity index (χ0n) is 15.2. The van der Waals surface area contributed by atoms with Crippen molar-refractivity contribution in [2.24, 2.45) is 0 Å². The summed E-state index contributed by atoms with van der Waals surface area (Å²) >= 11 is 0. The number of nitrogens with zero attached hydrogens (tertiary/aromatic N) is 1. The Labute approximate surface area is 154 Å². The van der Waals surface area contributed by atoms with Crippen LogP contribution in [0.1, 0.15) is 16.7 Å². The summed E-state index contributed by atoms with van der Waals surface area (Å²) in [6, 6.07) is 14.9. The molecule has 2 aromatic carbocycles. The van der Waals surface area contributed by atoms with E-state index in [0.717, 1.165) is 28.7 Å². The third kappa shape index (κ3) is 6.16. The van der Waals surface area contributed by atoms with Gasteiger partial charge in [-0.2, -0.15) is 4.31 Å². The first-order valence-electron chi connectivity index (χ1n) is 8.18. The number of nitrogens with one attached hydrogen (secondary N) is 1. The topological polar surface area (TPSA) is 75.7 Å². The molecule has 0 radical (unpaired) electrons. The minimum Gasteiger partial charge on any atom is -0.497 e. The molecule has 0 saturated heterocycles. The number of ether oxygens (including phenoxy) is 1. The summed E-state index contributed by atoms with van der Waals surface area (Å²) in [6.07, 6.45) is 1.11. The number of carbonyl (C=O) groups excluding carboxylic acids is 1. The Balaban J connectivity index is 1.96. The van der Waals surface area contributed by atoms with E-state index in [0.29, 0.717) is 6.54 Å². The SMILES string of the molecule is COc1ccc(CNC(=O)CN(Cc2ccc(C)cc2)S(C)(=O)=O)cc1. The van der Waals surface area contributed by atoms with Gasteiger partial charge in [0.05, 0.1) is 19.9 Å². The fourth-order valence-electron chi connectivity index (χ4n) is 2.35. The first-order chi connectivity index (χ1) is 12.3. The van der Waals surface area contributed by atoms with Crippen LogP contribution in [0.15, 0.2) is 48.5 Å². The molecule has 1 amide bonds. The van der Waals surface area contributed by atoms with Crippen molar-refractivity contribution in [2.75, 3.05) is 19.9 Å². The Morgan fingerprint density at radius 1 is 1.04 bits per heavy atom. The molecule has 0 heterocycles. The van der Waals surface area contributed by atoms with Crippen LogP contribution in [0, 0.1) is 6.92 Å². The van der Waals surface area contributed by atoms with E-state index < -0.39 is 10.0 Å². The third-order valence-electron chi connectivity index (χ3n) is 3.92. The lowest BCUT2D eigenvalue weighted by Crippen LogP contribution is -2.39. The number of amides is 1. The Morgan fingerprint density at radius 3 is 2.15 bits per heavy atom. The highest BCUT2D eigenvalue weighted by atomic mass is 32.2. The molecular formula is C19H24N2O4S. The van der Waals surface area contributed by atoms with E-state index in [1.807, 2.05) is 55.5 Å². The van der Waals surface area contributed by atoms with E-state index in [-0.39, 0.29) is 19.0 Å². The molecule has 2 aromatic rings. The number of methoxy groups -OCH3 is 1. The standard InChI is InChI=1S/C19H24N2O4S/c1-15-4-6-17(7-5-15)13-21(26(3,23)24)14-19(22)20-12-16-8-10-18(25-2)11-9-16/h4-11H,12-14H2,1-3H3,(H,20,22). The Bertz CT molecular complexity index is 831. The lowest BCUT2D eigenvalue weighted by Gasteiger charge is -2.19. The van der Waals surface area contributed by atoms with Gasteiger partial charge in [-0.15, -0.1) is 0 Å².